The Hall–Kier alpha value is -0.370. The molecule has 1 aliphatic rings. The minimum atomic E-state index is -0.129. The van der Waals surface area contributed by atoms with Crippen LogP contribution in [0.5, 0.6) is 0 Å². The van der Waals surface area contributed by atoms with E-state index in [1.165, 1.54) is 0 Å². The van der Waals surface area contributed by atoms with E-state index < -0.39 is 0 Å². The van der Waals surface area contributed by atoms with Crippen LogP contribution < -0.4 is 0 Å². The quantitative estimate of drug-likeness (QED) is 0.646. The molecule has 0 bridgehead atoms. The zero-order valence-electron chi connectivity index (χ0n) is 8.22. The van der Waals surface area contributed by atoms with Crippen molar-refractivity contribution < 1.29 is 9.53 Å². The molecule has 0 aromatic rings. The summed E-state index contributed by atoms with van der Waals surface area (Å²) in [7, 11) is 0. The summed E-state index contributed by atoms with van der Waals surface area (Å²) in [6, 6.07) is 0. The van der Waals surface area contributed by atoms with Gasteiger partial charge in [-0.25, -0.2) is 0 Å². The highest BCUT2D eigenvalue weighted by molar-refractivity contribution is 5.92. The summed E-state index contributed by atoms with van der Waals surface area (Å²) in [5.41, 5.74) is -0.129. The number of ether oxygens (including phenoxy) is 1. The lowest BCUT2D eigenvalue weighted by Crippen LogP contribution is -2.54. The largest absolute Gasteiger partial charge is 0.377 e. The summed E-state index contributed by atoms with van der Waals surface area (Å²) in [4.78, 5) is 11.4. The molecule has 70 valence electrons. The van der Waals surface area contributed by atoms with Crippen molar-refractivity contribution in [3.63, 3.8) is 0 Å². The normalized spacial score (nSPS) is 26.9. The van der Waals surface area contributed by atoms with E-state index in [1.54, 1.807) is 0 Å². The van der Waals surface area contributed by atoms with Crippen molar-refractivity contribution in [1.82, 2.24) is 0 Å². The zero-order chi connectivity index (χ0) is 9.19. The predicted octanol–water partition coefficient (Wildman–Crippen LogP) is 2.17. The van der Waals surface area contributed by atoms with E-state index in [0.717, 1.165) is 19.4 Å². The fourth-order valence-corrected chi connectivity index (χ4v) is 2.13. The second-order valence-electron chi connectivity index (χ2n) is 3.43. The molecule has 0 spiro atoms. The third-order valence-electron chi connectivity index (χ3n) is 3.17. The minimum absolute atomic E-state index is 0.129. The van der Waals surface area contributed by atoms with Crippen LogP contribution in [-0.4, -0.2) is 18.5 Å². The molecule has 0 amide bonds. The van der Waals surface area contributed by atoms with Crippen molar-refractivity contribution in [1.29, 1.82) is 0 Å². The van der Waals surface area contributed by atoms with Crippen LogP contribution >= 0.6 is 0 Å². The number of rotatable bonds is 4. The summed E-state index contributed by atoms with van der Waals surface area (Å²) in [5.74, 6) is 0.394. The predicted molar refractivity (Wildman–Crippen MR) is 48.1 cm³/mol. The van der Waals surface area contributed by atoms with E-state index >= 15 is 0 Å². The van der Waals surface area contributed by atoms with Gasteiger partial charge in [-0.1, -0.05) is 13.8 Å². The van der Waals surface area contributed by atoms with Gasteiger partial charge in [-0.05, 0) is 19.8 Å². The standard InChI is InChI=1S/C10H18O2/c1-4-10(5-2)8(11)7-9(10)12-6-3/h9H,4-7H2,1-3H3/t9-/m0/s1. The first kappa shape index (κ1) is 9.72. The lowest BCUT2D eigenvalue weighted by atomic mass is 9.61. The maximum absolute atomic E-state index is 11.4. The van der Waals surface area contributed by atoms with Gasteiger partial charge in [0.1, 0.15) is 5.78 Å². The topological polar surface area (TPSA) is 26.3 Å². The first-order valence-electron chi connectivity index (χ1n) is 4.86. The van der Waals surface area contributed by atoms with Gasteiger partial charge in [-0.15, -0.1) is 0 Å². The Kier molecular flexibility index (Phi) is 2.89. The molecule has 1 atom stereocenters. The van der Waals surface area contributed by atoms with Crippen molar-refractivity contribution in [2.24, 2.45) is 5.41 Å². The molecule has 2 nitrogen and oxygen atoms in total. The maximum Gasteiger partial charge on any atom is 0.144 e. The Morgan fingerprint density at radius 2 is 2.00 bits per heavy atom. The SMILES string of the molecule is CCO[C@H]1CC(=O)C1(CC)CC. The number of ketones is 1. The highest BCUT2D eigenvalue weighted by Gasteiger charge is 2.52. The Labute approximate surface area is 74.3 Å². The van der Waals surface area contributed by atoms with Crippen molar-refractivity contribution in [2.75, 3.05) is 6.61 Å². The molecule has 0 radical (unpaired) electrons. The molecule has 1 saturated carbocycles. The van der Waals surface area contributed by atoms with Gasteiger partial charge in [0.2, 0.25) is 0 Å². The molecule has 12 heavy (non-hydrogen) atoms. The van der Waals surface area contributed by atoms with Crippen LogP contribution in [-0.2, 0) is 9.53 Å². The van der Waals surface area contributed by atoms with Crippen molar-refractivity contribution in [3.05, 3.63) is 0 Å². The number of carbonyl (C=O) groups excluding carboxylic acids is 1. The number of Topliss-reactive ketones (excluding diaryl/α,β-unsaturated/α-hetero) is 1. The van der Waals surface area contributed by atoms with Crippen LogP contribution in [0.15, 0.2) is 0 Å². The smallest absolute Gasteiger partial charge is 0.144 e. The van der Waals surface area contributed by atoms with Gasteiger partial charge in [0.15, 0.2) is 0 Å². The first-order valence-corrected chi connectivity index (χ1v) is 4.86. The average Bonchev–Trinajstić information content (AvgIpc) is 2.07. The van der Waals surface area contributed by atoms with E-state index in [1.807, 2.05) is 6.92 Å². The average molecular weight is 170 g/mol. The van der Waals surface area contributed by atoms with Crippen LogP contribution in [0.1, 0.15) is 40.0 Å². The fourth-order valence-electron chi connectivity index (χ4n) is 2.13. The molecule has 0 unspecified atom stereocenters. The molecule has 1 aliphatic carbocycles. The van der Waals surface area contributed by atoms with E-state index in [0.29, 0.717) is 12.2 Å². The number of hydrogen-bond donors (Lipinski definition) is 0. The zero-order valence-corrected chi connectivity index (χ0v) is 8.22. The highest BCUT2D eigenvalue weighted by atomic mass is 16.5. The molecule has 2 heteroatoms. The van der Waals surface area contributed by atoms with E-state index in [2.05, 4.69) is 13.8 Å². The van der Waals surface area contributed by atoms with Crippen LogP contribution in [0.3, 0.4) is 0 Å². The lowest BCUT2D eigenvalue weighted by Gasteiger charge is -2.46. The molecular weight excluding hydrogens is 152 g/mol. The third kappa shape index (κ3) is 1.18. The van der Waals surface area contributed by atoms with Gasteiger partial charge in [-0.2, -0.15) is 0 Å². The molecular formula is C10H18O2. The van der Waals surface area contributed by atoms with Crippen molar-refractivity contribution >= 4 is 5.78 Å². The van der Waals surface area contributed by atoms with Gasteiger partial charge in [0.05, 0.1) is 11.5 Å². The Balaban J connectivity index is 2.63. The maximum atomic E-state index is 11.4. The van der Waals surface area contributed by atoms with E-state index in [9.17, 15) is 4.79 Å². The van der Waals surface area contributed by atoms with Gasteiger partial charge in [-0.3, -0.25) is 4.79 Å². The highest BCUT2D eigenvalue weighted by Crippen LogP contribution is 2.45. The van der Waals surface area contributed by atoms with E-state index in [4.69, 9.17) is 4.74 Å². The molecule has 0 aromatic heterocycles. The van der Waals surface area contributed by atoms with Gasteiger partial charge < -0.3 is 4.74 Å². The van der Waals surface area contributed by atoms with Crippen molar-refractivity contribution in [2.45, 2.75) is 46.1 Å². The number of carbonyl (C=O) groups is 1. The number of hydrogen-bond acceptors (Lipinski definition) is 2. The monoisotopic (exact) mass is 170 g/mol. The van der Waals surface area contributed by atoms with Crippen LogP contribution in [0.25, 0.3) is 0 Å². The lowest BCUT2D eigenvalue weighted by molar-refractivity contribution is -0.164. The van der Waals surface area contributed by atoms with Crippen LogP contribution in [0.2, 0.25) is 0 Å². The third-order valence-corrected chi connectivity index (χ3v) is 3.17. The second-order valence-corrected chi connectivity index (χ2v) is 3.43. The molecule has 1 fully saturated rings. The Morgan fingerprint density at radius 1 is 1.42 bits per heavy atom. The van der Waals surface area contributed by atoms with Crippen molar-refractivity contribution in [3.8, 4) is 0 Å². The first-order chi connectivity index (χ1) is 5.71. The molecule has 0 saturated heterocycles. The molecule has 0 N–H and O–H groups in total. The van der Waals surface area contributed by atoms with Crippen LogP contribution in [0, 0.1) is 5.41 Å². The molecule has 0 aromatic carbocycles. The summed E-state index contributed by atoms with van der Waals surface area (Å²) < 4.78 is 5.53. The van der Waals surface area contributed by atoms with Gasteiger partial charge in [0, 0.05) is 13.0 Å². The Morgan fingerprint density at radius 3 is 2.33 bits per heavy atom. The summed E-state index contributed by atoms with van der Waals surface area (Å²) in [6.07, 6.45) is 2.68. The second kappa shape index (κ2) is 3.56. The molecule has 0 aliphatic heterocycles. The van der Waals surface area contributed by atoms with E-state index in [-0.39, 0.29) is 11.5 Å². The molecule has 1 rings (SSSR count). The van der Waals surface area contributed by atoms with Gasteiger partial charge >= 0.3 is 0 Å². The summed E-state index contributed by atoms with van der Waals surface area (Å²) >= 11 is 0. The summed E-state index contributed by atoms with van der Waals surface area (Å²) in [6.45, 7) is 6.86. The fraction of sp³-hybridized carbons (Fsp3) is 0.900. The van der Waals surface area contributed by atoms with Gasteiger partial charge in [0.25, 0.3) is 0 Å². The van der Waals surface area contributed by atoms with Crippen LogP contribution in [0.4, 0.5) is 0 Å². The molecule has 0 heterocycles. The summed E-state index contributed by atoms with van der Waals surface area (Å²) in [5, 5.41) is 0. The minimum Gasteiger partial charge on any atom is -0.377 e. The Bertz CT molecular complexity index is 171.